The van der Waals surface area contributed by atoms with Gasteiger partial charge in [0.1, 0.15) is 12.7 Å². The molecule has 29 heavy (non-hydrogen) atoms. The Balaban J connectivity index is 1.27. The van der Waals surface area contributed by atoms with Gasteiger partial charge in [-0.3, -0.25) is 19.3 Å². The van der Waals surface area contributed by atoms with Crippen LogP contribution in [-0.4, -0.2) is 67.5 Å². The minimum atomic E-state index is 0.158. The minimum absolute atomic E-state index is 0.158. The summed E-state index contributed by atoms with van der Waals surface area (Å²) in [5.41, 5.74) is 1.32. The Labute approximate surface area is 170 Å². The lowest BCUT2D eigenvalue weighted by atomic mass is 9.72. The summed E-state index contributed by atoms with van der Waals surface area (Å²) in [6.45, 7) is 3.68. The van der Waals surface area contributed by atoms with Crippen molar-refractivity contribution in [2.24, 2.45) is 5.41 Å². The maximum Gasteiger partial charge on any atom is 0.224 e. The third-order valence-corrected chi connectivity index (χ3v) is 6.34. The van der Waals surface area contributed by atoms with Gasteiger partial charge in [0, 0.05) is 51.4 Å². The molecule has 2 amide bonds. The van der Waals surface area contributed by atoms with Gasteiger partial charge in [-0.1, -0.05) is 6.07 Å². The van der Waals surface area contributed by atoms with E-state index in [9.17, 15) is 9.59 Å². The maximum absolute atomic E-state index is 12.5. The first-order valence-electron chi connectivity index (χ1n) is 10.4. The molecule has 8 nitrogen and oxygen atoms in total. The molecule has 0 N–H and O–H groups in total. The number of pyridine rings is 1. The highest BCUT2D eigenvalue weighted by atomic mass is 16.2. The number of nitrogens with zero attached hydrogens (tertiary/aromatic N) is 6. The second-order valence-corrected chi connectivity index (χ2v) is 8.22. The fourth-order valence-electron chi connectivity index (χ4n) is 4.47. The molecule has 1 spiro atoms. The number of rotatable bonds is 6. The lowest BCUT2D eigenvalue weighted by molar-refractivity contribution is -0.142. The van der Waals surface area contributed by atoms with Crippen LogP contribution in [0.5, 0.6) is 0 Å². The van der Waals surface area contributed by atoms with Crippen LogP contribution < -0.4 is 0 Å². The van der Waals surface area contributed by atoms with Crippen molar-refractivity contribution in [3.63, 3.8) is 0 Å². The van der Waals surface area contributed by atoms with Gasteiger partial charge in [-0.2, -0.15) is 5.10 Å². The third-order valence-electron chi connectivity index (χ3n) is 6.34. The molecule has 0 aliphatic carbocycles. The highest BCUT2D eigenvalue weighted by Gasteiger charge is 2.41. The van der Waals surface area contributed by atoms with Crippen LogP contribution >= 0.6 is 0 Å². The Bertz CT molecular complexity index is 815. The number of likely N-dealkylation sites (tertiary alicyclic amines) is 2. The summed E-state index contributed by atoms with van der Waals surface area (Å²) in [6.07, 6.45) is 11.5. The van der Waals surface area contributed by atoms with Gasteiger partial charge in [0.2, 0.25) is 11.8 Å². The van der Waals surface area contributed by atoms with Gasteiger partial charge in [-0.25, -0.2) is 4.98 Å². The molecule has 8 heteroatoms. The summed E-state index contributed by atoms with van der Waals surface area (Å²) in [7, 11) is 0. The molecule has 0 unspecified atom stereocenters. The molecule has 0 aromatic carbocycles. The van der Waals surface area contributed by atoms with Crippen molar-refractivity contribution in [1.82, 2.24) is 29.5 Å². The largest absolute Gasteiger partial charge is 0.343 e. The fraction of sp³-hybridized carbons (Fsp3) is 0.571. The molecule has 154 valence electrons. The summed E-state index contributed by atoms with van der Waals surface area (Å²) < 4.78 is 1.69. The average Bonchev–Trinajstić information content (AvgIpc) is 3.28. The molecular formula is C21H28N6O2. The summed E-state index contributed by atoms with van der Waals surface area (Å²) in [5, 5.41) is 4.05. The smallest absolute Gasteiger partial charge is 0.224 e. The highest BCUT2D eigenvalue weighted by Crippen LogP contribution is 2.40. The zero-order chi connectivity index (χ0) is 20.1. The SMILES string of the molecule is O=C(CCn1cncn1)N1CCC2(CCC(=O)N(CCc3cccnc3)C2)CC1. The van der Waals surface area contributed by atoms with Crippen LogP contribution in [0.2, 0.25) is 0 Å². The van der Waals surface area contributed by atoms with E-state index in [4.69, 9.17) is 0 Å². The molecular weight excluding hydrogens is 368 g/mol. The lowest BCUT2D eigenvalue weighted by Crippen LogP contribution is -2.52. The van der Waals surface area contributed by atoms with E-state index in [2.05, 4.69) is 21.1 Å². The minimum Gasteiger partial charge on any atom is -0.343 e. The summed E-state index contributed by atoms with van der Waals surface area (Å²) in [6, 6.07) is 3.99. The second-order valence-electron chi connectivity index (χ2n) is 8.22. The van der Waals surface area contributed by atoms with E-state index in [1.54, 1.807) is 17.2 Å². The van der Waals surface area contributed by atoms with Gasteiger partial charge < -0.3 is 9.80 Å². The molecule has 0 radical (unpaired) electrons. The molecule has 2 aromatic heterocycles. The number of aromatic nitrogens is 4. The summed E-state index contributed by atoms with van der Waals surface area (Å²) >= 11 is 0. The van der Waals surface area contributed by atoms with E-state index in [1.807, 2.05) is 22.1 Å². The van der Waals surface area contributed by atoms with Gasteiger partial charge in [0.05, 0.1) is 6.54 Å². The van der Waals surface area contributed by atoms with E-state index in [1.165, 1.54) is 6.33 Å². The first kappa shape index (κ1) is 19.5. The predicted molar refractivity (Wildman–Crippen MR) is 107 cm³/mol. The normalized spacial score (nSPS) is 19.0. The molecule has 0 atom stereocenters. The molecule has 2 saturated heterocycles. The van der Waals surface area contributed by atoms with E-state index in [0.717, 1.165) is 57.4 Å². The van der Waals surface area contributed by atoms with Gasteiger partial charge in [0.15, 0.2) is 0 Å². The quantitative estimate of drug-likeness (QED) is 0.739. The Morgan fingerprint density at radius 3 is 2.72 bits per heavy atom. The van der Waals surface area contributed by atoms with Crippen LogP contribution in [0, 0.1) is 5.41 Å². The third kappa shape index (κ3) is 4.81. The standard InChI is InChI=1S/C21H28N6O2/c28-19-3-6-21(15-26(19)10-4-18-2-1-9-22-14-18)7-12-25(13-8-21)20(29)5-11-27-17-23-16-24-27/h1-2,9,14,16-17H,3-8,10-13,15H2. The second kappa shape index (κ2) is 8.71. The fourth-order valence-corrected chi connectivity index (χ4v) is 4.47. The molecule has 0 saturated carbocycles. The maximum atomic E-state index is 12.5. The topological polar surface area (TPSA) is 84.2 Å². The summed E-state index contributed by atoms with van der Waals surface area (Å²) in [5.74, 6) is 0.432. The number of hydrogen-bond acceptors (Lipinski definition) is 5. The van der Waals surface area contributed by atoms with Gasteiger partial charge in [-0.15, -0.1) is 0 Å². The van der Waals surface area contributed by atoms with Crippen LogP contribution in [-0.2, 0) is 22.6 Å². The van der Waals surface area contributed by atoms with Gasteiger partial charge >= 0.3 is 0 Å². The molecule has 0 bridgehead atoms. The van der Waals surface area contributed by atoms with Crippen molar-refractivity contribution in [2.45, 2.75) is 45.1 Å². The van der Waals surface area contributed by atoms with Gasteiger partial charge in [0.25, 0.3) is 0 Å². The zero-order valence-corrected chi connectivity index (χ0v) is 16.7. The number of piperidine rings is 2. The number of carbonyl (C=O) groups is 2. The Morgan fingerprint density at radius 2 is 2.00 bits per heavy atom. The molecule has 2 aliphatic rings. The van der Waals surface area contributed by atoms with Crippen LogP contribution in [0.25, 0.3) is 0 Å². The highest BCUT2D eigenvalue weighted by molar-refractivity contribution is 5.77. The van der Waals surface area contributed by atoms with Crippen LogP contribution in [0.3, 0.4) is 0 Å². The van der Waals surface area contributed by atoms with E-state index in [-0.39, 0.29) is 17.2 Å². The Morgan fingerprint density at radius 1 is 1.14 bits per heavy atom. The monoisotopic (exact) mass is 396 g/mol. The van der Waals surface area contributed by atoms with Crippen LogP contribution in [0.4, 0.5) is 0 Å². The first-order chi connectivity index (χ1) is 14.1. The summed E-state index contributed by atoms with van der Waals surface area (Å²) in [4.78, 5) is 37.0. The average molecular weight is 396 g/mol. The van der Waals surface area contributed by atoms with Crippen molar-refractivity contribution in [2.75, 3.05) is 26.2 Å². The number of aryl methyl sites for hydroxylation is 1. The van der Waals surface area contributed by atoms with Crippen molar-refractivity contribution in [3.8, 4) is 0 Å². The molecule has 2 fully saturated rings. The predicted octanol–water partition coefficient (Wildman–Crippen LogP) is 1.54. The van der Waals surface area contributed by atoms with E-state index >= 15 is 0 Å². The van der Waals surface area contributed by atoms with Crippen LogP contribution in [0.1, 0.15) is 37.7 Å². The Hall–Kier alpha value is -2.77. The number of hydrogen-bond donors (Lipinski definition) is 0. The number of amides is 2. The van der Waals surface area contributed by atoms with Crippen molar-refractivity contribution in [3.05, 3.63) is 42.7 Å². The molecule has 4 rings (SSSR count). The molecule has 4 heterocycles. The van der Waals surface area contributed by atoms with E-state index < -0.39 is 0 Å². The van der Waals surface area contributed by atoms with Gasteiger partial charge in [-0.05, 0) is 42.7 Å². The first-order valence-corrected chi connectivity index (χ1v) is 10.4. The molecule has 2 aromatic rings. The Kier molecular flexibility index (Phi) is 5.87. The zero-order valence-electron chi connectivity index (χ0n) is 16.7. The number of carbonyl (C=O) groups excluding carboxylic acids is 2. The van der Waals surface area contributed by atoms with Crippen molar-refractivity contribution in [1.29, 1.82) is 0 Å². The van der Waals surface area contributed by atoms with Crippen LogP contribution in [0.15, 0.2) is 37.2 Å². The van der Waals surface area contributed by atoms with Crippen molar-refractivity contribution >= 4 is 11.8 Å². The van der Waals surface area contributed by atoms with Crippen molar-refractivity contribution < 1.29 is 9.59 Å². The lowest BCUT2D eigenvalue weighted by Gasteiger charge is -2.47. The molecule has 2 aliphatic heterocycles. The van der Waals surface area contributed by atoms with E-state index in [0.29, 0.717) is 19.4 Å².